The van der Waals surface area contributed by atoms with Crippen molar-refractivity contribution in [1.82, 2.24) is 24.8 Å². The predicted molar refractivity (Wildman–Crippen MR) is 154 cm³/mol. The minimum atomic E-state index is -3.40. The van der Waals surface area contributed by atoms with Gasteiger partial charge in [0.15, 0.2) is 9.84 Å². The number of rotatable bonds is 3. The first-order chi connectivity index (χ1) is 19.2. The van der Waals surface area contributed by atoms with E-state index in [-0.39, 0.29) is 40.6 Å². The van der Waals surface area contributed by atoms with Gasteiger partial charge in [0, 0.05) is 55.9 Å². The van der Waals surface area contributed by atoms with Crippen molar-refractivity contribution >= 4 is 39.1 Å². The number of piperazine rings is 1. The van der Waals surface area contributed by atoms with Crippen LogP contribution in [0.4, 0.5) is 17.5 Å². The number of hydrogen-bond acceptors (Lipinski definition) is 9. The van der Waals surface area contributed by atoms with Crippen LogP contribution in [0.1, 0.15) is 75.4 Å². The topological polar surface area (TPSA) is 120 Å². The maximum atomic E-state index is 13.4. The number of pyridine rings is 1. The fraction of sp³-hybridized carbons (Fsp3) is 0.621. The number of sulfone groups is 1. The predicted octanol–water partition coefficient (Wildman–Crippen LogP) is 2.38. The lowest BCUT2D eigenvalue weighted by Crippen LogP contribution is -2.66. The van der Waals surface area contributed by atoms with Gasteiger partial charge in [0.1, 0.15) is 28.5 Å². The van der Waals surface area contributed by atoms with Gasteiger partial charge in [-0.1, -0.05) is 13.8 Å². The number of fused-ring (bicyclic) bond motifs is 3. The number of nitrogens with zero attached hydrogens (tertiary/aromatic N) is 7. The molecular formula is C29H37N7O4S. The summed E-state index contributed by atoms with van der Waals surface area (Å²) in [6, 6.07) is 1.82. The van der Waals surface area contributed by atoms with Crippen molar-refractivity contribution < 1.29 is 18.0 Å². The molecule has 1 aliphatic carbocycles. The van der Waals surface area contributed by atoms with Crippen molar-refractivity contribution in [3.63, 3.8) is 0 Å². The molecule has 0 N–H and O–H groups in total. The standard InChI is InChI=1S/C29H37N7O4S/c1-17-14-35(26(38)28(5)9-10-41(28,39)40)18(2)13-34(17)23-22-24(32-16-31-23)36(15-27(22,3)4)21-11-20-19(12-30-21)25(37)33(6)29(20)7-8-29/h11-12,16-18H,7-10,13-15H2,1-6H3/t17-,18+,28?/m0/s1. The van der Waals surface area contributed by atoms with Gasteiger partial charge in [-0.05, 0) is 51.7 Å². The van der Waals surface area contributed by atoms with Gasteiger partial charge in [-0.3, -0.25) is 9.59 Å². The van der Waals surface area contributed by atoms with E-state index in [9.17, 15) is 18.0 Å². The molecule has 0 aromatic carbocycles. The van der Waals surface area contributed by atoms with E-state index in [1.807, 2.05) is 18.9 Å². The molecule has 12 heteroatoms. The summed E-state index contributed by atoms with van der Waals surface area (Å²) >= 11 is 0. The third kappa shape index (κ3) is 3.42. The van der Waals surface area contributed by atoms with E-state index >= 15 is 0 Å². The van der Waals surface area contributed by atoms with Crippen LogP contribution in [0.5, 0.6) is 0 Å². The minimum Gasteiger partial charge on any atom is -0.350 e. The number of carbonyl (C=O) groups excluding carboxylic acids is 2. The summed E-state index contributed by atoms with van der Waals surface area (Å²) in [5.41, 5.74) is 2.29. The monoisotopic (exact) mass is 579 g/mol. The second-order valence-electron chi connectivity index (χ2n) is 13.5. The largest absolute Gasteiger partial charge is 0.350 e. The Morgan fingerprint density at radius 3 is 2.34 bits per heavy atom. The molecule has 1 spiro atoms. The molecule has 1 unspecified atom stereocenters. The molecule has 41 heavy (non-hydrogen) atoms. The normalized spacial score (nSPS) is 30.3. The van der Waals surface area contributed by atoms with E-state index in [2.05, 4.69) is 36.6 Å². The smallest absolute Gasteiger partial charge is 0.256 e. The van der Waals surface area contributed by atoms with Gasteiger partial charge in [0.25, 0.3) is 5.91 Å². The summed E-state index contributed by atoms with van der Waals surface area (Å²) in [6.07, 6.45) is 5.62. The summed E-state index contributed by atoms with van der Waals surface area (Å²) < 4.78 is 23.6. The lowest BCUT2D eigenvalue weighted by Gasteiger charge is -2.49. The SMILES string of the molecule is C[C@@H]1CN(c2ncnc3c2C(C)(C)CN3c2cc3c(cn2)C(=O)N(C)C32CC2)[C@@H](C)CN1C(=O)C1(C)CCS1(=O)=O. The third-order valence-electron chi connectivity index (χ3n) is 10.4. The highest BCUT2D eigenvalue weighted by molar-refractivity contribution is 7.95. The fourth-order valence-corrected chi connectivity index (χ4v) is 8.92. The number of anilines is 3. The van der Waals surface area contributed by atoms with Crippen LogP contribution >= 0.6 is 0 Å². The Morgan fingerprint density at radius 1 is 1.00 bits per heavy atom. The van der Waals surface area contributed by atoms with Crippen molar-refractivity contribution in [3.8, 4) is 0 Å². The van der Waals surface area contributed by atoms with Gasteiger partial charge in [0.2, 0.25) is 5.91 Å². The number of aromatic nitrogens is 3. The van der Waals surface area contributed by atoms with E-state index in [4.69, 9.17) is 15.0 Å². The highest BCUT2D eigenvalue weighted by Crippen LogP contribution is 2.56. The lowest BCUT2D eigenvalue weighted by atomic mass is 9.87. The number of carbonyl (C=O) groups is 2. The van der Waals surface area contributed by atoms with Crippen molar-refractivity contribution in [2.75, 3.05) is 42.2 Å². The van der Waals surface area contributed by atoms with Crippen LogP contribution < -0.4 is 9.80 Å². The van der Waals surface area contributed by atoms with Gasteiger partial charge < -0.3 is 19.6 Å². The molecule has 4 aliphatic heterocycles. The minimum absolute atomic E-state index is 0.0351. The van der Waals surface area contributed by atoms with Gasteiger partial charge in [-0.25, -0.2) is 23.4 Å². The zero-order valence-corrected chi connectivity index (χ0v) is 25.3. The van der Waals surface area contributed by atoms with Crippen LogP contribution in [0, 0.1) is 0 Å². The average Bonchev–Trinajstić information content (AvgIpc) is 3.67. The molecular weight excluding hydrogens is 542 g/mol. The first-order valence-electron chi connectivity index (χ1n) is 14.4. The number of amides is 2. The van der Waals surface area contributed by atoms with Crippen LogP contribution in [-0.2, 0) is 25.6 Å². The van der Waals surface area contributed by atoms with E-state index in [1.165, 1.54) is 0 Å². The van der Waals surface area contributed by atoms with E-state index in [0.29, 0.717) is 31.6 Å². The van der Waals surface area contributed by atoms with E-state index in [1.54, 1.807) is 24.3 Å². The molecule has 218 valence electrons. The maximum Gasteiger partial charge on any atom is 0.256 e. The van der Waals surface area contributed by atoms with Crippen molar-refractivity contribution in [2.24, 2.45) is 0 Å². The second kappa shape index (κ2) is 8.17. The fourth-order valence-electron chi connectivity index (χ4n) is 7.38. The Balaban J connectivity index is 1.21. The maximum absolute atomic E-state index is 13.4. The van der Waals surface area contributed by atoms with Crippen molar-refractivity contribution in [2.45, 2.75) is 81.7 Å². The third-order valence-corrected chi connectivity index (χ3v) is 12.9. The Morgan fingerprint density at radius 2 is 1.71 bits per heavy atom. The molecule has 3 atom stereocenters. The quantitative estimate of drug-likeness (QED) is 0.540. The van der Waals surface area contributed by atoms with Gasteiger partial charge in [-0.2, -0.15) is 0 Å². The molecule has 1 saturated carbocycles. The van der Waals surface area contributed by atoms with Crippen molar-refractivity contribution in [3.05, 3.63) is 35.3 Å². The zero-order chi connectivity index (χ0) is 29.3. The molecule has 2 saturated heterocycles. The highest BCUT2D eigenvalue weighted by Gasteiger charge is 2.58. The van der Waals surface area contributed by atoms with Crippen LogP contribution in [0.15, 0.2) is 18.6 Å². The highest BCUT2D eigenvalue weighted by atomic mass is 32.2. The molecule has 3 fully saturated rings. The molecule has 5 aliphatic rings. The molecule has 7 rings (SSSR count). The molecule has 2 aromatic rings. The summed E-state index contributed by atoms with van der Waals surface area (Å²) in [5.74, 6) is 2.24. The summed E-state index contributed by atoms with van der Waals surface area (Å²) in [4.78, 5) is 48.5. The summed E-state index contributed by atoms with van der Waals surface area (Å²) in [6.45, 7) is 11.6. The first kappa shape index (κ1) is 26.6. The van der Waals surface area contributed by atoms with Crippen LogP contribution in [0.3, 0.4) is 0 Å². The summed E-state index contributed by atoms with van der Waals surface area (Å²) in [7, 11) is -1.53. The van der Waals surface area contributed by atoms with Gasteiger partial charge >= 0.3 is 0 Å². The zero-order valence-electron chi connectivity index (χ0n) is 24.5. The Labute approximate surface area is 240 Å². The molecule has 2 aromatic heterocycles. The van der Waals surface area contributed by atoms with E-state index < -0.39 is 14.6 Å². The van der Waals surface area contributed by atoms with Crippen molar-refractivity contribution in [1.29, 1.82) is 0 Å². The Hall–Kier alpha value is -3.28. The Kier molecular flexibility index (Phi) is 5.30. The molecule has 6 heterocycles. The van der Waals surface area contributed by atoms with Crippen LogP contribution in [0.25, 0.3) is 0 Å². The molecule has 0 bridgehead atoms. The molecule has 0 radical (unpaired) electrons. The Bertz CT molecular complexity index is 1620. The van der Waals surface area contributed by atoms with Gasteiger partial charge in [-0.15, -0.1) is 0 Å². The van der Waals surface area contributed by atoms with E-state index in [0.717, 1.165) is 41.4 Å². The van der Waals surface area contributed by atoms with Gasteiger partial charge in [0.05, 0.1) is 16.9 Å². The molecule has 2 amide bonds. The first-order valence-corrected chi connectivity index (χ1v) is 16.1. The molecule has 11 nitrogen and oxygen atoms in total. The second-order valence-corrected chi connectivity index (χ2v) is 16.0. The lowest BCUT2D eigenvalue weighted by molar-refractivity contribution is -0.137. The van der Waals surface area contributed by atoms with Crippen LogP contribution in [-0.4, -0.2) is 94.2 Å². The number of hydrogen-bond donors (Lipinski definition) is 0. The average molecular weight is 580 g/mol. The van der Waals surface area contributed by atoms with Crippen LogP contribution in [0.2, 0.25) is 0 Å². The summed E-state index contributed by atoms with van der Waals surface area (Å²) in [5, 5.41) is 0.